The molecule has 0 fully saturated rings. The van der Waals surface area contributed by atoms with E-state index in [1.807, 2.05) is 24.3 Å². The molecule has 5 heteroatoms. The molecule has 3 heterocycles. The van der Waals surface area contributed by atoms with Gasteiger partial charge in [-0.05, 0) is 70.4 Å². The predicted molar refractivity (Wildman–Crippen MR) is 265 cm³/mol. The van der Waals surface area contributed by atoms with Gasteiger partial charge in [0.25, 0.3) is 0 Å². The SMILES string of the molecule is c1ccc(-c2cccc(-c3nc(-c4ccccc4)nc(-c4ccc(-n5c6cc7c(cc6c6ccc8ccccc8c65)c5ccccc5n7-c5ccccc5)c5ccccc45)n3)c2)cc1. The van der Waals surface area contributed by atoms with Crippen LogP contribution in [-0.2, 0) is 0 Å². The summed E-state index contributed by atoms with van der Waals surface area (Å²) in [6.45, 7) is 0. The second-order valence-corrected chi connectivity index (χ2v) is 16.4. The molecule has 298 valence electrons. The van der Waals surface area contributed by atoms with Crippen LogP contribution in [0.25, 0.3) is 122 Å². The predicted octanol–water partition coefficient (Wildman–Crippen LogP) is 15.0. The quantitative estimate of drug-likeness (QED) is 0.168. The first-order chi connectivity index (χ1) is 31.7. The molecule has 0 atom stereocenters. The Morgan fingerprint density at radius 2 is 0.859 bits per heavy atom. The second-order valence-electron chi connectivity index (χ2n) is 16.4. The Balaban J connectivity index is 1.08. The number of aromatic nitrogens is 5. The van der Waals surface area contributed by atoms with Gasteiger partial charge in [0.15, 0.2) is 17.5 Å². The van der Waals surface area contributed by atoms with Gasteiger partial charge in [-0.15, -0.1) is 0 Å². The zero-order chi connectivity index (χ0) is 42.1. The van der Waals surface area contributed by atoms with E-state index >= 15 is 0 Å². The molecular weight excluding hydrogens is 779 g/mol. The molecule has 0 saturated carbocycles. The number of rotatable bonds is 6. The number of benzene rings is 10. The molecule has 0 unspecified atom stereocenters. The average molecular weight is 816 g/mol. The van der Waals surface area contributed by atoms with E-state index in [0.29, 0.717) is 17.5 Å². The van der Waals surface area contributed by atoms with Crippen LogP contribution in [0.15, 0.2) is 224 Å². The number of hydrogen-bond acceptors (Lipinski definition) is 3. The molecule has 0 bridgehead atoms. The first-order valence-electron chi connectivity index (χ1n) is 21.7. The third-order valence-corrected chi connectivity index (χ3v) is 12.7. The lowest BCUT2D eigenvalue weighted by Gasteiger charge is -2.16. The smallest absolute Gasteiger partial charge is 0.164 e. The van der Waals surface area contributed by atoms with Crippen molar-refractivity contribution >= 4 is 65.2 Å². The molecule has 0 N–H and O–H groups in total. The van der Waals surface area contributed by atoms with Gasteiger partial charge in [-0.2, -0.15) is 0 Å². The first-order valence-corrected chi connectivity index (χ1v) is 21.7. The summed E-state index contributed by atoms with van der Waals surface area (Å²) in [5.74, 6) is 1.88. The summed E-state index contributed by atoms with van der Waals surface area (Å²) in [6.07, 6.45) is 0. The van der Waals surface area contributed by atoms with Crippen molar-refractivity contribution in [3.8, 4) is 56.7 Å². The molecule has 3 aromatic heterocycles. The van der Waals surface area contributed by atoms with E-state index in [2.05, 4.69) is 209 Å². The van der Waals surface area contributed by atoms with Gasteiger partial charge >= 0.3 is 0 Å². The molecule has 64 heavy (non-hydrogen) atoms. The van der Waals surface area contributed by atoms with E-state index in [0.717, 1.165) is 61.0 Å². The minimum Gasteiger partial charge on any atom is -0.309 e. The summed E-state index contributed by atoms with van der Waals surface area (Å²) in [4.78, 5) is 15.6. The molecule has 0 spiro atoms. The van der Waals surface area contributed by atoms with Crippen LogP contribution in [0.5, 0.6) is 0 Å². The maximum absolute atomic E-state index is 5.28. The van der Waals surface area contributed by atoms with Crippen molar-refractivity contribution in [2.75, 3.05) is 0 Å². The first kappa shape index (κ1) is 36.0. The van der Waals surface area contributed by atoms with Crippen LogP contribution in [0.1, 0.15) is 0 Å². The van der Waals surface area contributed by atoms with Gasteiger partial charge in [0.1, 0.15) is 0 Å². The van der Waals surface area contributed by atoms with Crippen LogP contribution in [0, 0.1) is 0 Å². The molecule has 0 aliphatic heterocycles. The van der Waals surface area contributed by atoms with Gasteiger partial charge in [0, 0.05) is 54.7 Å². The molecule has 0 aliphatic rings. The summed E-state index contributed by atoms with van der Waals surface area (Å²) >= 11 is 0. The topological polar surface area (TPSA) is 48.5 Å². The molecule has 5 nitrogen and oxygen atoms in total. The van der Waals surface area contributed by atoms with Crippen molar-refractivity contribution in [1.29, 1.82) is 0 Å². The fourth-order valence-electron chi connectivity index (χ4n) is 9.83. The Labute approximate surface area is 368 Å². The summed E-state index contributed by atoms with van der Waals surface area (Å²) in [5, 5.41) is 9.46. The molecule has 0 aliphatic carbocycles. The molecule has 10 aromatic carbocycles. The van der Waals surface area contributed by atoms with Crippen LogP contribution >= 0.6 is 0 Å². The standard InChI is InChI=1S/C59H37N5/c1-4-17-38(18-5-1)41-22-16-23-42(35-41)58-60-57(40-20-6-2-7-21-40)61-59(62-58)49-33-34-53(46-28-13-12-27-45(46)49)64-55-37-54-50(36-51(55)48-32-31-39-19-10-11-26-44(39)56(48)64)47-29-14-15-30-52(47)63(54)43-24-8-3-9-25-43/h1-37H. The number of hydrogen-bond donors (Lipinski definition) is 0. The number of para-hydroxylation sites is 2. The van der Waals surface area contributed by atoms with Crippen LogP contribution in [-0.4, -0.2) is 24.1 Å². The minimum absolute atomic E-state index is 0.624. The highest BCUT2D eigenvalue weighted by Gasteiger charge is 2.22. The highest BCUT2D eigenvalue weighted by molar-refractivity contribution is 6.24. The molecule has 0 saturated heterocycles. The summed E-state index contributed by atoms with van der Waals surface area (Å²) in [6, 6.07) is 79.9. The fourth-order valence-corrected chi connectivity index (χ4v) is 9.83. The summed E-state index contributed by atoms with van der Waals surface area (Å²) in [7, 11) is 0. The third kappa shape index (κ3) is 5.68. The maximum atomic E-state index is 5.28. The monoisotopic (exact) mass is 815 g/mol. The lowest BCUT2D eigenvalue weighted by Crippen LogP contribution is -2.02. The van der Waals surface area contributed by atoms with Crippen LogP contribution in [0.4, 0.5) is 0 Å². The van der Waals surface area contributed by atoms with E-state index in [9.17, 15) is 0 Å². The zero-order valence-electron chi connectivity index (χ0n) is 34.6. The van der Waals surface area contributed by atoms with Crippen molar-refractivity contribution in [3.05, 3.63) is 224 Å². The van der Waals surface area contributed by atoms with Crippen molar-refractivity contribution in [2.45, 2.75) is 0 Å². The van der Waals surface area contributed by atoms with Gasteiger partial charge in [0.2, 0.25) is 0 Å². The zero-order valence-corrected chi connectivity index (χ0v) is 34.6. The van der Waals surface area contributed by atoms with Crippen LogP contribution in [0.2, 0.25) is 0 Å². The highest BCUT2D eigenvalue weighted by Crippen LogP contribution is 2.44. The lowest BCUT2D eigenvalue weighted by atomic mass is 10.0. The van der Waals surface area contributed by atoms with Gasteiger partial charge in [-0.3, -0.25) is 0 Å². The van der Waals surface area contributed by atoms with Gasteiger partial charge < -0.3 is 9.13 Å². The molecule has 13 rings (SSSR count). The van der Waals surface area contributed by atoms with Gasteiger partial charge in [-0.25, -0.2) is 15.0 Å². The van der Waals surface area contributed by atoms with E-state index in [-0.39, 0.29) is 0 Å². The van der Waals surface area contributed by atoms with Gasteiger partial charge in [-0.1, -0.05) is 176 Å². The van der Waals surface area contributed by atoms with Crippen molar-refractivity contribution in [3.63, 3.8) is 0 Å². The Kier molecular flexibility index (Phi) is 8.15. The lowest BCUT2D eigenvalue weighted by molar-refractivity contribution is 1.08. The Morgan fingerprint density at radius 1 is 0.281 bits per heavy atom. The molecule has 0 amide bonds. The van der Waals surface area contributed by atoms with Crippen molar-refractivity contribution in [2.24, 2.45) is 0 Å². The number of nitrogens with zero attached hydrogens (tertiary/aromatic N) is 5. The van der Waals surface area contributed by atoms with Crippen molar-refractivity contribution < 1.29 is 0 Å². The maximum Gasteiger partial charge on any atom is 0.164 e. The van der Waals surface area contributed by atoms with E-state index < -0.39 is 0 Å². The van der Waals surface area contributed by atoms with Crippen LogP contribution < -0.4 is 0 Å². The van der Waals surface area contributed by atoms with E-state index in [1.54, 1.807) is 0 Å². The molecular formula is C59H37N5. The Morgan fingerprint density at radius 3 is 1.66 bits per heavy atom. The Bertz CT molecular complexity index is 3940. The second kappa shape index (κ2) is 14.5. The van der Waals surface area contributed by atoms with Gasteiger partial charge in [0.05, 0.1) is 27.8 Å². The van der Waals surface area contributed by atoms with Crippen molar-refractivity contribution in [1.82, 2.24) is 24.1 Å². The Hall–Kier alpha value is -8.67. The molecule has 13 aromatic rings. The number of fused-ring (bicyclic) bond motifs is 9. The van der Waals surface area contributed by atoms with E-state index in [4.69, 9.17) is 15.0 Å². The molecule has 0 radical (unpaired) electrons. The van der Waals surface area contributed by atoms with E-state index in [1.165, 1.54) is 43.4 Å². The largest absolute Gasteiger partial charge is 0.309 e. The summed E-state index contributed by atoms with van der Waals surface area (Å²) < 4.78 is 4.90. The third-order valence-electron chi connectivity index (χ3n) is 12.7. The highest BCUT2D eigenvalue weighted by atomic mass is 15.0. The average Bonchev–Trinajstić information content (AvgIpc) is 3.88. The normalized spacial score (nSPS) is 11.8. The minimum atomic E-state index is 0.624. The fraction of sp³-hybridized carbons (Fsp3) is 0. The van der Waals surface area contributed by atoms with Crippen LogP contribution in [0.3, 0.4) is 0 Å². The summed E-state index contributed by atoms with van der Waals surface area (Å²) in [5.41, 5.74) is 12.0.